The molecule has 3 aromatic rings. The van der Waals surface area contributed by atoms with Gasteiger partial charge >= 0.3 is 0 Å². The molecule has 0 aliphatic rings. The Morgan fingerprint density at radius 1 is 1.31 bits per heavy atom. The minimum atomic E-state index is -0.367. The van der Waals surface area contributed by atoms with E-state index in [0.717, 1.165) is 16.3 Å². The van der Waals surface area contributed by atoms with Crippen LogP contribution in [0.5, 0.6) is 5.75 Å². The zero-order valence-corrected chi connectivity index (χ0v) is 15.7. The van der Waals surface area contributed by atoms with Crippen molar-refractivity contribution in [3.8, 4) is 5.75 Å². The Morgan fingerprint density at radius 3 is 2.88 bits per heavy atom. The van der Waals surface area contributed by atoms with Crippen molar-refractivity contribution in [2.24, 2.45) is 0 Å². The summed E-state index contributed by atoms with van der Waals surface area (Å²) in [5.74, 6) is 1.21. The number of aromatic nitrogens is 3. The van der Waals surface area contributed by atoms with Gasteiger partial charge in [-0.3, -0.25) is 10.1 Å². The zero-order valence-electron chi connectivity index (χ0n) is 14.9. The SMILES string of the molecule is CCc1nc(C)c(C(=O)Nc2nnc(CCOc3cccc(C)c3)s2)o1. The Bertz CT molecular complexity index is 903. The highest BCUT2D eigenvalue weighted by Gasteiger charge is 2.18. The molecule has 0 atom stereocenters. The summed E-state index contributed by atoms with van der Waals surface area (Å²) in [7, 11) is 0. The van der Waals surface area contributed by atoms with Crippen molar-refractivity contribution >= 4 is 22.4 Å². The normalized spacial score (nSPS) is 10.7. The number of carbonyl (C=O) groups excluding carboxylic acids is 1. The second-order valence-corrected chi connectivity index (χ2v) is 6.81. The molecule has 1 aromatic carbocycles. The fourth-order valence-electron chi connectivity index (χ4n) is 2.33. The van der Waals surface area contributed by atoms with Gasteiger partial charge in [-0.1, -0.05) is 30.4 Å². The first-order valence-corrected chi connectivity index (χ1v) is 9.16. The zero-order chi connectivity index (χ0) is 18.5. The van der Waals surface area contributed by atoms with Gasteiger partial charge in [-0.05, 0) is 31.5 Å². The number of amides is 1. The molecular weight excluding hydrogens is 352 g/mol. The third-order valence-corrected chi connectivity index (χ3v) is 4.51. The fraction of sp³-hybridized carbons (Fsp3) is 0.333. The molecule has 0 radical (unpaired) electrons. The molecule has 0 saturated heterocycles. The quantitative estimate of drug-likeness (QED) is 0.682. The summed E-state index contributed by atoms with van der Waals surface area (Å²) in [4.78, 5) is 16.5. The maximum absolute atomic E-state index is 12.3. The number of carbonyl (C=O) groups is 1. The van der Waals surface area contributed by atoms with Crippen molar-refractivity contribution in [2.45, 2.75) is 33.6 Å². The summed E-state index contributed by atoms with van der Waals surface area (Å²) in [5.41, 5.74) is 1.72. The molecule has 0 aliphatic heterocycles. The van der Waals surface area contributed by atoms with E-state index in [4.69, 9.17) is 9.15 Å². The average molecular weight is 372 g/mol. The van der Waals surface area contributed by atoms with Crippen molar-refractivity contribution in [1.29, 1.82) is 0 Å². The molecule has 8 heteroatoms. The highest BCUT2D eigenvalue weighted by atomic mass is 32.1. The van der Waals surface area contributed by atoms with Crippen LogP contribution in [-0.4, -0.2) is 27.7 Å². The molecule has 0 unspecified atom stereocenters. The van der Waals surface area contributed by atoms with Crippen LogP contribution in [0.4, 0.5) is 5.13 Å². The minimum absolute atomic E-state index is 0.210. The third kappa shape index (κ3) is 4.45. The number of nitrogens with zero attached hydrogens (tertiary/aromatic N) is 3. The maximum atomic E-state index is 12.3. The number of oxazole rings is 1. The van der Waals surface area contributed by atoms with E-state index in [1.807, 2.05) is 38.1 Å². The first kappa shape index (κ1) is 18.1. The van der Waals surface area contributed by atoms with Crippen molar-refractivity contribution in [2.75, 3.05) is 11.9 Å². The van der Waals surface area contributed by atoms with Crippen LogP contribution >= 0.6 is 11.3 Å². The molecule has 26 heavy (non-hydrogen) atoms. The van der Waals surface area contributed by atoms with Crippen LogP contribution in [0.25, 0.3) is 0 Å². The van der Waals surface area contributed by atoms with E-state index >= 15 is 0 Å². The largest absolute Gasteiger partial charge is 0.493 e. The molecule has 136 valence electrons. The van der Waals surface area contributed by atoms with E-state index in [9.17, 15) is 4.79 Å². The maximum Gasteiger partial charge on any atom is 0.295 e. The van der Waals surface area contributed by atoms with Crippen LogP contribution in [0, 0.1) is 13.8 Å². The minimum Gasteiger partial charge on any atom is -0.493 e. The first-order chi connectivity index (χ1) is 12.5. The summed E-state index contributed by atoms with van der Waals surface area (Å²) >= 11 is 1.32. The van der Waals surface area contributed by atoms with E-state index in [2.05, 4.69) is 20.5 Å². The standard InChI is InChI=1S/C18H20N4O3S/c1-4-14-19-12(3)16(25-14)17(23)20-18-22-21-15(26-18)8-9-24-13-7-5-6-11(2)10-13/h5-7,10H,4,8-9H2,1-3H3,(H,20,22,23). The fourth-order valence-corrected chi connectivity index (χ4v) is 3.05. The summed E-state index contributed by atoms with van der Waals surface area (Å²) in [6.45, 7) is 6.17. The van der Waals surface area contributed by atoms with Gasteiger partial charge in [-0.15, -0.1) is 10.2 Å². The number of hydrogen-bond acceptors (Lipinski definition) is 7. The van der Waals surface area contributed by atoms with Gasteiger partial charge in [-0.2, -0.15) is 0 Å². The van der Waals surface area contributed by atoms with Crippen molar-refractivity contribution in [3.63, 3.8) is 0 Å². The van der Waals surface area contributed by atoms with Crippen LogP contribution in [0.3, 0.4) is 0 Å². The van der Waals surface area contributed by atoms with Gasteiger partial charge in [0.25, 0.3) is 5.91 Å². The molecule has 2 aromatic heterocycles. The Morgan fingerprint density at radius 2 is 2.15 bits per heavy atom. The van der Waals surface area contributed by atoms with Gasteiger partial charge in [0, 0.05) is 12.8 Å². The lowest BCUT2D eigenvalue weighted by molar-refractivity contribution is 0.0994. The molecule has 0 fully saturated rings. The monoisotopic (exact) mass is 372 g/mol. The highest BCUT2D eigenvalue weighted by molar-refractivity contribution is 7.15. The van der Waals surface area contributed by atoms with Crippen LogP contribution in [0.15, 0.2) is 28.7 Å². The number of benzene rings is 1. The lowest BCUT2D eigenvalue weighted by Crippen LogP contribution is -2.12. The second kappa shape index (κ2) is 8.09. The van der Waals surface area contributed by atoms with Gasteiger partial charge < -0.3 is 9.15 Å². The number of aryl methyl sites for hydroxylation is 3. The molecule has 2 heterocycles. The molecule has 0 saturated carbocycles. The summed E-state index contributed by atoms with van der Waals surface area (Å²) < 4.78 is 11.2. The van der Waals surface area contributed by atoms with Crippen LogP contribution in [0.2, 0.25) is 0 Å². The molecule has 1 N–H and O–H groups in total. The number of rotatable bonds is 7. The Hall–Kier alpha value is -2.74. The van der Waals surface area contributed by atoms with Gasteiger partial charge in [0.15, 0.2) is 5.89 Å². The van der Waals surface area contributed by atoms with E-state index in [1.54, 1.807) is 6.92 Å². The second-order valence-electron chi connectivity index (χ2n) is 5.75. The summed E-state index contributed by atoms with van der Waals surface area (Å²) in [6, 6.07) is 7.88. The van der Waals surface area contributed by atoms with Crippen LogP contribution in [-0.2, 0) is 12.8 Å². The predicted octanol–water partition coefficient (Wildman–Crippen LogP) is 3.58. The summed E-state index contributed by atoms with van der Waals surface area (Å²) in [6.07, 6.45) is 1.25. The van der Waals surface area contributed by atoms with Crippen molar-refractivity contribution in [3.05, 3.63) is 52.2 Å². The average Bonchev–Trinajstić information content (AvgIpc) is 3.21. The van der Waals surface area contributed by atoms with Gasteiger partial charge in [0.2, 0.25) is 10.9 Å². The van der Waals surface area contributed by atoms with Gasteiger partial charge in [-0.25, -0.2) is 4.98 Å². The van der Waals surface area contributed by atoms with Crippen molar-refractivity contribution < 1.29 is 13.9 Å². The lowest BCUT2D eigenvalue weighted by atomic mass is 10.2. The molecule has 0 spiro atoms. The molecule has 1 amide bonds. The Labute approximate surface area is 155 Å². The Balaban J connectivity index is 1.54. The molecule has 0 bridgehead atoms. The van der Waals surface area contributed by atoms with Crippen LogP contribution in [0.1, 0.15) is 39.6 Å². The van der Waals surface area contributed by atoms with Gasteiger partial charge in [0.05, 0.1) is 12.3 Å². The number of nitrogens with one attached hydrogen (secondary N) is 1. The number of anilines is 1. The third-order valence-electron chi connectivity index (χ3n) is 3.61. The highest BCUT2D eigenvalue weighted by Crippen LogP contribution is 2.19. The number of ether oxygens (including phenoxy) is 1. The topological polar surface area (TPSA) is 90.1 Å². The van der Waals surface area contributed by atoms with E-state index in [1.165, 1.54) is 11.3 Å². The smallest absolute Gasteiger partial charge is 0.295 e. The molecule has 7 nitrogen and oxygen atoms in total. The van der Waals surface area contributed by atoms with Crippen molar-refractivity contribution in [1.82, 2.24) is 15.2 Å². The molecular formula is C18H20N4O3S. The van der Waals surface area contributed by atoms with Crippen LogP contribution < -0.4 is 10.1 Å². The lowest BCUT2D eigenvalue weighted by Gasteiger charge is -2.04. The van der Waals surface area contributed by atoms with E-state index in [0.29, 0.717) is 36.2 Å². The molecule has 0 aliphatic carbocycles. The summed E-state index contributed by atoms with van der Waals surface area (Å²) in [5, 5.41) is 12.0. The van der Waals surface area contributed by atoms with E-state index in [-0.39, 0.29) is 11.7 Å². The number of hydrogen-bond donors (Lipinski definition) is 1. The predicted molar refractivity (Wildman–Crippen MR) is 98.9 cm³/mol. The first-order valence-electron chi connectivity index (χ1n) is 8.34. The Kier molecular flexibility index (Phi) is 5.62. The van der Waals surface area contributed by atoms with E-state index < -0.39 is 0 Å². The molecule has 3 rings (SSSR count). The van der Waals surface area contributed by atoms with Gasteiger partial charge in [0.1, 0.15) is 10.8 Å².